The number of aromatic amines is 1. The minimum Gasteiger partial charge on any atom is -0.341 e. The van der Waals surface area contributed by atoms with E-state index < -0.39 is 0 Å². The van der Waals surface area contributed by atoms with Crippen LogP contribution in [0.3, 0.4) is 0 Å². The molecule has 0 fully saturated rings. The summed E-state index contributed by atoms with van der Waals surface area (Å²) >= 11 is 1.67. The summed E-state index contributed by atoms with van der Waals surface area (Å²) in [5.74, 6) is 1.01. The molecular weight excluding hydrogens is 302 g/mol. The lowest BCUT2D eigenvalue weighted by Crippen LogP contribution is -1.85. The van der Waals surface area contributed by atoms with E-state index in [-0.39, 0.29) is 0 Å². The number of fused-ring (bicyclic) bond motifs is 1. The van der Waals surface area contributed by atoms with Crippen molar-refractivity contribution in [1.29, 1.82) is 0 Å². The van der Waals surface area contributed by atoms with Crippen LogP contribution < -0.4 is 0 Å². The highest BCUT2D eigenvalue weighted by Gasteiger charge is 2.14. The van der Waals surface area contributed by atoms with Crippen LogP contribution in [0, 0.1) is 6.92 Å². The summed E-state index contributed by atoms with van der Waals surface area (Å²) in [5.41, 5.74) is 8.60. The highest BCUT2D eigenvalue weighted by molar-refractivity contribution is 7.16. The maximum Gasteiger partial charge on any atom is 0.106 e. The number of nitrogens with zero attached hydrogens (tertiary/aromatic N) is 2. The Balaban J connectivity index is 1.91. The number of nitrogens with one attached hydrogen (secondary N) is 1. The molecule has 0 radical (unpaired) electrons. The highest BCUT2D eigenvalue weighted by atomic mass is 32.1. The number of benzene rings is 2. The summed E-state index contributed by atoms with van der Waals surface area (Å²) in [7, 11) is 0. The summed E-state index contributed by atoms with van der Waals surface area (Å²) < 4.78 is 1.20. The zero-order valence-corrected chi connectivity index (χ0v) is 13.9. The van der Waals surface area contributed by atoms with Crippen molar-refractivity contribution >= 4 is 21.6 Å². The second-order valence-corrected chi connectivity index (χ2v) is 6.55. The first-order chi connectivity index (χ1) is 11.2. The Morgan fingerprint density at radius 2 is 2.00 bits per heavy atom. The lowest BCUT2D eigenvalue weighted by atomic mass is 10.0. The van der Waals surface area contributed by atoms with Gasteiger partial charge >= 0.3 is 0 Å². The number of H-pyrrole nitrogens is 1. The molecule has 4 rings (SSSR count). The van der Waals surface area contributed by atoms with Gasteiger partial charge in [-0.05, 0) is 25.1 Å². The lowest BCUT2D eigenvalue weighted by molar-refractivity contribution is 0.992. The van der Waals surface area contributed by atoms with E-state index in [1.165, 1.54) is 10.3 Å². The first-order valence-corrected chi connectivity index (χ1v) is 8.62. The van der Waals surface area contributed by atoms with Gasteiger partial charge in [-0.2, -0.15) is 0 Å². The van der Waals surface area contributed by atoms with E-state index in [1.54, 1.807) is 11.3 Å². The van der Waals surface area contributed by atoms with Gasteiger partial charge in [-0.25, -0.2) is 9.97 Å². The molecule has 3 nitrogen and oxygen atoms in total. The SMILES string of the molecule is CCc1nc(-c2cccc(C)c2)c(-c2ccc3ncsc3c2)[nH]1. The van der Waals surface area contributed by atoms with Gasteiger partial charge in [-0.3, -0.25) is 0 Å². The molecule has 0 aliphatic heterocycles. The molecule has 0 bridgehead atoms. The van der Waals surface area contributed by atoms with Gasteiger partial charge in [0.1, 0.15) is 5.82 Å². The molecule has 2 aromatic carbocycles. The molecule has 1 N–H and O–H groups in total. The predicted octanol–water partition coefficient (Wildman–Crippen LogP) is 5.22. The molecule has 4 heteroatoms. The predicted molar refractivity (Wildman–Crippen MR) is 96.8 cm³/mol. The third-order valence-electron chi connectivity index (χ3n) is 4.00. The van der Waals surface area contributed by atoms with Gasteiger partial charge < -0.3 is 4.98 Å². The van der Waals surface area contributed by atoms with Crippen LogP contribution >= 0.6 is 11.3 Å². The van der Waals surface area contributed by atoms with E-state index in [2.05, 4.69) is 66.3 Å². The monoisotopic (exact) mass is 319 g/mol. The number of imidazole rings is 1. The lowest BCUT2D eigenvalue weighted by Gasteiger charge is -2.04. The van der Waals surface area contributed by atoms with Gasteiger partial charge in [0.05, 0.1) is 27.1 Å². The molecule has 114 valence electrons. The molecule has 0 amide bonds. The summed E-state index contributed by atoms with van der Waals surface area (Å²) in [6, 6.07) is 14.9. The van der Waals surface area contributed by atoms with Gasteiger partial charge in [0.25, 0.3) is 0 Å². The van der Waals surface area contributed by atoms with E-state index in [1.807, 2.05) is 5.51 Å². The minimum atomic E-state index is 0.890. The van der Waals surface area contributed by atoms with Crippen LogP contribution in [0.25, 0.3) is 32.7 Å². The smallest absolute Gasteiger partial charge is 0.106 e. The first kappa shape index (κ1) is 14.2. The molecule has 0 atom stereocenters. The second-order valence-electron chi connectivity index (χ2n) is 5.67. The van der Waals surface area contributed by atoms with Crippen LogP contribution in [0.5, 0.6) is 0 Å². The van der Waals surface area contributed by atoms with E-state index in [0.717, 1.165) is 40.3 Å². The van der Waals surface area contributed by atoms with Crippen LogP contribution in [0.1, 0.15) is 18.3 Å². The Labute approximate surface area is 139 Å². The van der Waals surface area contributed by atoms with Crippen molar-refractivity contribution < 1.29 is 0 Å². The van der Waals surface area contributed by atoms with Crippen LogP contribution in [-0.4, -0.2) is 15.0 Å². The Bertz CT molecular complexity index is 981. The fourth-order valence-corrected chi connectivity index (χ4v) is 3.53. The van der Waals surface area contributed by atoms with Crippen molar-refractivity contribution in [2.24, 2.45) is 0 Å². The van der Waals surface area contributed by atoms with Gasteiger partial charge in [-0.15, -0.1) is 11.3 Å². The van der Waals surface area contributed by atoms with E-state index >= 15 is 0 Å². The number of aromatic nitrogens is 3. The largest absolute Gasteiger partial charge is 0.341 e. The Hall–Kier alpha value is -2.46. The Kier molecular flexibility index (Phi) is 3.46. The van der Waals surface area contributed by atoms with Crippen molar-refractivity contribution in [2.75, 3.05) is 0 Å². The van der Waals surface area contributed by atoms with Crippen LogP contribution in [0.15, 0.2) is 48.0 Å². The van der Waals surface area contributed by atoms with Gasteiger partial charge in [0.2, 0.25) is 0 Å². The highest BCUT2D eigenvalue weighted by Crippen LogP contribution is 2.33. The molecule has 0 saturated heterocycles. The molecule has 0 aliphatic rings. The molecule has 0 spiro atoms. The average molecular weight is 319 g/mol. The first-order valence-electron chi connectivity index (χ1n) is 7.74. The fourth-order valence-electron chi connectivity index (χ4n) is 2.81. The fraction of sp³-hybridized carbons (Fsp3) is 0.158. The summed E-state index contributed by atoms with van der Waals surface area (Å²) in [4.78, 5) is 12.7. The third-order valence-corrected chi connectivity index (χ3v) is 4.79. The van der Waals surface area contributed by atoms with Crippen LogP contribution in [-0.2, 0) is 6.42 Å². The van der Waals surface area contributed by atoms with Crippen molar-refractivity contribution in [3.05, 3.63) is 59.4 Å². The summed E-state index contributed by atoms with van der Waals surface area (Å²) in [5, 5.41) is 0. The maximum atomic E-state index is 4.82. The van der Waals surface area contributed by atoms with E-state index in [4.69, 9.17) is 4.98 Å². The molecule has 0 saturated carbocycles. The number of hydrogen-bond acceptors (Lipinski definition) is 3. The molecule has 2 heterocycles. The topological polar surface area (TPSA) is 41.6 Å². The normalized spacial score (nSPS) is 11.2. The van der Waals surface area contributed by atoms with Crippen LogP contribution in [0.2, 0.25) is 0 Å². The molecule has 2 aromatic heterocycles. The summed E-state index contributed by atoms with van der Waals surface area (Å²) in [6.45, 7) is 4.23. The number of hydrogen-bond donors (Lipinski definition) is 1. The zero-order chi connectivity index (χ0) is 15.8. The number of rotatable bonds is 3. The molecule has 23 heavy (non-hydrogen) atoms. The minimum absolute atomic E-state index is 0.890. The number of thiazole rings is 1. The Morgan fingerprint density at radius 1 is 1.09 bits per heavy atom. The third kappa shape index (κ3) is 2.55. The number of aryl methyl sites for hydroxylation is 2. The molecule has 0 unspecified atom stereocenters. The maximum absolute atomic E-state index is 4.82. The molecular formula is C19H17N3S. The van der Waals surface area contributed by atoms with E-state index in [0.29, 0.717) is 0 Å². The van der Waals surface area contributed by atoms with Crippen LogP contribution in [0.4, 0.5) is 0 Å². The summed E-state index contributed by atoms with van der Waals surface area (Å²) in [6.07, 6.45) is 0.890. The van der Waals surface area contributed by atoms with Crippen molar-refractivity contribution in [3.8, 4) is 22.5 Å². The quantitative estimate of drug-likeness (QED) is 0.562. The Morgan fingerprint density at radius 3 is 2.83 bits per heavy atom. The molecule has 4 aromatic rings. The standard InChI is InChI=1S/C19H17N3S/c1-3-17-21-18(13-6-4-5-12(2)9-13)19(22-17)14-7-8-15-16(10-14)23-11-20-15/h4-11H,3H2,1-2H3,(H,21,22). The van der Waals surface area contributed by atoms with Crippen molar-refractivity contribution in [2.45, 2.75) is 20.3 Å². The average Bonchev–Trinajstić information content (AvgIpc) is 3.20. The van der Waals surface area contributed by atoms with Crippen molar-refractivity contribution in [1.82, 2.24) is 15.0 Å². The van der Waals surface area contributed by atoms with E-state index in [9.17, 15) is 0 Å². The van der Waals surface area contributed by atoms with Gasteiger partial charge in [-0.1, -0.05) is 36.8 Å². The second kappa shape index (κ2) is 5.63. The molecule has 0 aliphatic carbocycles. The zero-order valence-electron chi connectivity index (χ0n) is 13.1. The van der Waals surface area contributed by atoms with Crippen molar-refractivity contribution in [3.63, 3.8) is 0 Å². The van der Waals surface area contributed by atoms with Gasteiger partial charge in [0.15, 0.2) is 0 Å². The van der Waals surface area contributed by atoms with Gasteiger partial charge in [0, 0.05) is 17.5 Å².